The Labute approximate surface area is 203 Å². The molecule has 4 heterocycles. The SMILES string of the molecule is Cc1cc(C2CCCN2C(=O)OC(C)(C)C)cc(F)c1-c1cc2c(-c3cnn(C)c3)n[nH]c2cn1. The van der Waals surface area contributed by atoms with Gasteiger partial charge in [0, 0.05) is 36.3 Å². The highest BCUT2D eigenvalue weighted by molar-refractivity contribution is 5.94. The molecule has 1 aliphatic heterocycles. The van der Waals surface area contributed by atoms with E-state index in [2.05, 4.69) is 20.3 Å². The Morgan fingerprint density at radius 2 is 2.03 bits per heavy atom. The number of H-pyrrole nitrogens is 1. The van der Waals surface area contributed by atoms with Gasteiger partial charge >= 0.3 is 6.09 Å². The molecule has 182 valence electrons. The summed E-state index contributed by atoms with van der Waals surface area (Å²) in [5.74, 6) is -0.366. The Hall–Kier alpha value is -3.75. The Kier molecular flexibility index (Phi) is 5.57. The first-order valence-electron chi connectivity index (χ1n) is 11.7. The summed E-state index contributed by atoms with van der Waals surface area (Å²) in [5.41, 5.74) is 4.29. The average Bonchev–Trinajstić information content (AvgIpc) is 3.51. The van der Waals surface area contributed by atoms with Gasteiger partial charge in [0.2, 0.25) is 0 Å². The number of nitrogens with one attached hydrogen (secondary N) is 1. The summed E-state index contributed by atoms with van der Waals surface area (Å²) in [6.45, 7) is 8.00. The first kappa shape index (κ1) is 23.0. The quantitative estimate of drug-likeness (QED) is 0.419. The zero-order chi connectivity index (χ0) is 24.9. The molecule has 0 saturated carbocycles. The second-order valence-electron chi connectivity index (χ2n) is 10.1. The number of benzene rings is 1. The van der Waals surface area contributed by atoms with Crippen molar-refractivity contribution >= 4 is 17.0 Å². The second kappa shape index (κ2) is 8.48. The van der Waals surface area contributed by atoms with Gasteiger partial charge in [0.25, 0.3) is 0 Å². The molecule has 5 rings (SSSR count). The molecule has 8 nitrogen and oxygen atoms in total. The van der Waals surface area contributed by atoms with Gasteiger partial charge in [-0.25, -0.2) is 9.18 Å². The van der Waals surface area contributed by atoms with Gasteiger partial charge in [-0.05, 0) is 63.8 Å². The molecule has 0 spiro atoms. The monoisotopic (exact) mass is 476 g/mol. The summed E-state index contributed by atoms with van der Waals surface area (Å²) in [4.78, 5) is 18.9. The fourth-order valence-electron chi connectivity index (χ4n) is 4.76. The van der Waals surface area contributed by atoms with Crippen LogP contribution in [-0.4, -0.2) is 48.1 Å². The molecule has 1 unspecified atom stereocenters. The smallest absolute Gasteiger partial charge is 0.410 e. The third-order valence-electron chi connectivity index (χ3n) is 6.26. The Bertz CT molecular complexity index is 1390. The molecule has 1 aliphatic rings. The summed E-state index contributed by atoms with van der Waals surface area (Å²) < 4.78 is 22.9. The molecule has 0 aliphatic carbocycles. The van der Waals surface area contributed by atoms with Crippen LogP contribution in [0.25, 0.3) is 33.4 Å². The standard InChI is InChI=1S/C26H29FN6O2/c1-15-9-16(22-7-6-8-33(22)25(34)35-26(2,3)4)10-19(27)23(15)20-11-18-21(13-28-20)30-31-24(18)17-12-29-32(5)14-17/h9-14,22H,6-8H2,1-5H3,(H,30,31). The fourth-order valence-corrected chi connectivity index (χ4v) is 4.76. The van der Waals surface area contributed by atoms with Crippen LogP contribution >= 0.6 is 0 Å². The molecule has 1 aromatic carbocycles. The van der Waals surface area contributed by atoms with Crippen LogP contribution in [0.2, 0.25) is 0 Å². The number of pyridine rings is 1. The van der Waals surface area contributed by atoms with Crippen molar-refractivity contribution < 1.29 is 13.9 Å². The topological polar surface area (TPSA) is 88.9 Å². The molecule has 35 heavy (non-hydrogen) atoms. The van der Waals surface area contributed by atoms with E-state index in [9.17, 15) is 4.79 Å². The summed E-state index contributed by atoms with van der Waals surface area (Å²) in [7, 11) is 1.85. The van der Waals surface area contributed by atoms with Crippen LogP contribution in [0.4, 0.5) is 9.18 Å². The van der Waals surface area contributed by atoms with E-state index in [-0.39, 0.29) is 18.0 Å². The van der Waals surface area contributed by atoms with Crippen LogP contribution in [-0.2, 0) is 11.8 Å². The number of fused-ring (bicyclic) bond motifs is 1. The maximum absolute atomic E-state index is 15.6. The highest BCUT2D eigenvalue weighted by Gasteiger charge is 2.34. The van der Waals surface area contributed by atoms with E-state index in [1.165, 1.54) is 6.07 Å². The van der Waals surface area contributed by atoms with Crippen molar-refractivity contribution in [3.63, 3.8) is 0 Å². The highest BCUT2D eigenvalue weighted by atomic mass is 19.1. The lowest BCUT2D eigenvalue weighted by molar-refractivity contribution is 0.0224. The van der Waals surface area contributed by atoms with Gasteiger partial charge in [-0.1, -0.05) is 6.07 Å². The first-order valence-corrected chi connectivity index (χ1v) is 11.7. The molecule has 9 heteroatoms. The van der Waals surface area contributed by atoms with Gasteiger partial charge in [-0.2, -0.15) is 10.2 Å². The number of aromatic amines is 1. The summed E-state index contributed by atoms with van der Waals surface area (Å²) in [5, 5.41) is 12.5. The Morgan fingerprint density at radius 3 is 2.71 bits per heavy atom. The minimum atomic E-state index is -0.582. The van der Waals surface area contributed by atoms with Gasteiger partial charge in [-0.3, -0.25) is 14.8 Å². The van der Waals surface area contributed by atoms with Crippen LogP contribution in [0.15, 0.2) is 36.8 Å². The predicted octanol–water partition coefficient (Wildman–Crippen LogP) is 5.54. The number of nitrogens with zero attached hydrogens (tertiary/aromatic N) is 5. The number of hydrogen-bond acceptors (Lipinski definition) is 5. The van der Waals surface area contributed by atoms with E-state index < -0.39 is 5.60 Å². The number of hydrogen-bond donors (Lipinski definition) is 1. The lowest BCUT2D eigenvalue weighted by Crippen LogP contribution is -2.36. The summed E-state index contributed by atoms with van der Waals surface area (Å²) in [6, 6.07) is 5.12. The molecule has 1 atom stereocenters. The van der Waals surface area contributed by atoms with E-state index >= 15 is 4.39 Å². The van der Waals surface area contributed by atoms with Crippen molar-refractivity contribution in [3.05, 3.63) is 53.7 Å². The maximum atomic E-state index is 15.6. The predicted molar refractivity (Wildman–Crippen MR) is 131 cm³/mol. The summed E-state index contributed by atoms with van der Waals surface area (Å²) in [6.07, 6.45) is 6.55. The van der Waals surface area contributed by atoms with Crippen molar-refractivity contribution in [2.75, 3.05) is 6.54 Å². The van der Waals surface area contributed by atoms with Crippen LogP contribution in [0.3, 0.4) is 0 Å². The number of likely N-dealkylation sites (tertiary alicyclic amines) is 1. The number of carbonyl (C=O) groups excluding carboxylic acids is 1. The Balaban J connectivity index is 1.50. The molecular weight excluding hydrogens is 447 g/mol. The first-order chi connectivity index (χ1) is 16.6. The zero-order valence-electron chi connectivity index (χ0n) is 20.6. The lowest BCUT2D eigenvalue weighted by Gasteiger charge is -2.29. The molecule has 1 amide bonds. The van der Waals surface area contributed by atoms with Crippen molar-refractivity contribution in [1.82, 2.24) is 29.9 Å². The number of halogens is 1. The Morgan fingerprint density at radius 1 is 1.23 bits per heavy atom. The van der Waals surface area contributed by atoms with E-state index in [0.29, 0.717) is 17.8 Å². The van der Waals surface area contributed by atoms with Gasteiger partial charge in [0.1, 0.15) is 17.1 Å². The number of carbonyl (C=O) groups is 1. The third kappa shape index (κ3) is 4.38. The molecule has 1 saturated heterocycles. The van der Waals surface area contributed by atoms with Gasteiger partial charge in [-0.15, -0.1) is 0 Å². The molecule has 0 bridgehead atoms. The van der Waals surface area contributed by atoms with Crippen LogP contribution in [0, 0.1) is 12.7 Å². The van der Waals surface area contributed by atoms with Crippen molar-refractivity contribution in [1.29, 1.82) is 0 Å². The van der Waals surface area contributed by atoms with Crippen molar-refractivity contribution in [3.8, 4) is 22.5 Å². The van der Waals surface area contributed by atoms with E-state index in [0.717, 1.165) is 46.1 Å². The van der Waals surface area contributed by atoms with E-state index in [4.69, 9.17) is 4.74 Å². The maximum Gasteiger partial charge on any atom is 0.410 e. The average molecular weight is 477 g/mol. The molecule has 3 aromatic heterocycles. The molecule has 1 fully saturated rings. The van der Waals surface area contributed by atoms with E-state index in [1.807, 2.05) is 53.1 Å². The van der Waals surface area contributed by atoms with Crippen LogP contribution < -0.4 is 0 Å². The van der Waals surface area contributed by atoms with Crippen LogP contribution in [0.1, 0.15) is 50.8 Å². The number of amides is 1. The molecule has 0 radical (unpaired) electrons. The number of aryl methyl sites for hydroxylation is 2. The number of aromatic nitrogens is 5. The minimum Gasteiger partial charge on any atom is -0.444 e. The normalized spacial score (nSPS) is 16.3. The molecule has 1 N–H and O–H groups in total. The van der Waals surface area contributed by atoms with Crippen LogP contribution in [0.5, 0.6) is 0 Å². The molecular formula is C26H29FN6O2. The highest BCUT2D eigenvalue weighted by Crippen LogP contribution is 2.37. The van der Waals surface area contributed by atoms with Gasteiger partial charge in [0.05, 0.1) is 29.6 Å². The third-order valence-corrected chi connectivity index (χ3v) is 6.26. The number of rotatable bonds is 3. The largest absolute Gasteiger partial charge is 0.444 e. The summed E-state index contributed by atoms with van der Waals surface area (Å²) >= 11 is 0. The van der Waals surface area contributed by atoms with Gasteiger partial charge in [0.15, 0.2) is 0 Å². The lowest BCUT2D eigenvalue weighted by atomic mass is 9.96. The fraction of sp³-hybridized carbons (Fsp3) is 0.385. The number of ether oxygens (including phenoxy) is 1. The minimum absolute atomic E-state index is 0.214. The van der Waals surface area contributed by atoms with Crippen molar-refractivity contribution in [2.45, 2.75) is 52.2 Å². The molecule has 4 aromatic rings. The zero-order valence-corrected chi connectivity index (χ0v) is 20.6. The van der Waals surface area contributed by atoms with Gasteiger partial charge < -0.3 is 9.64 Å². The van der Waals surface area contributed by atoms with E-state index in [1.54, 1.807) is 22.0 Å². The second-order valence-corrected chi connectivity index (χ2v) is 10.1. The van der Waals surface area contributed by atoms with Crippen molar-refractivity contribution in [2.24, 2.45) is 7.05 Å².